The Hall–Kier alpha value is -2.15. The summed E-state index contributed by atoms with van der Waals surface area (Å²) >= 11 is 0. The number of aryl methyl sites for hydroxylation is 3. The minimum Gasteiger partial charge on any atom is -0.383 e. The summed E-state index contributed by atoms with van der Waals surface area (Å²) in [4.78, 5) is 18.7. The normalized spacial score (nSPS) is 17.9. The number of hydrogen-bond donors (Lipinski definition) is 1. The number of likely N-dealkylation sites (tertiary alicyclic amines) is 1. The third-order valence-electron chi connectivity index (χ3n) is 4.60. The summed E-state index contributed by atoms with van der Waals surface area (Å²) < 4.78 is 6.93. The molecule has 1 aliphatic rings. The highest BCUT2D eigenvalue weighted by molar-refractivity contribution is 5.80. The third kappa shape index (κ3) is 3.08. The van der Waals surface area contributed by atoms with Crippen LogP contribution in [-0.4, -0.2) is 58.3 Å². The maximum Gasteiger partial charge on any atom is 0.224 e. The number of carbonyl (C=O) groups excluding carboxylic acids is 1. The Kier molecular flexibility index (Phi) is 4.71. The fourth-order valence-electron chi connectivity index (χ4n) is 3.06. The third-order valence-corrected chi connectivity index (χ3v) is 4.60. The van der Waals surface area contributed by atoms with Crippen molar-refractivity contribution in [1.29, 1.82) is 0 Å². The summed E-state index contributed by atoms with van der Waals surface area (Å²) in [6.07, 6.45) is 1.35. The van der Waals surface area contributed by atoms with Crippen LogP contribution >= 0.6 is 0 Å². The van der Waals surface area contributed by atoms with Gasteiger partial charge in [-0.2, -0.15) is 9.61 Å². The number of nitrogens with one attached hydrogen (secondary N) is 1. The smallest absolute Gasteiger partial charge is 0.224 e. The van der Waals surface area contributed by atoms with Crippen molar-refractivity contribution in [2.75, 3.05) is 32.1 Å². The number of ether oxygens (including phenoxy) is 1. The summed E-state index contributed by atoms with van der Waals surface area (Å²) in [5, 5.41) is 8.08. The van der Waals surface area contributed by atoms with Gasteiger partial charge < -0.3 is 15.0 Å². The van der Waals surface area contributed by atoms with E-state index in [9.17, 15) is 4.79 Å². The molecule has 3 rings (SSSR count). The van der Waals surface area contributed by atoms with E-state index in [2.05, 4.69) is 22.3 Å². The first-order valence-corrected chi connectivity index (χ1v) is 8.42. The average Bonchev–Trinajstić information content (AvgIpc) is 3.06. The molecule has 2 aromatic rings. The molecule has 0 saturated carbocycles. The van der Waals surface area contributed by atoms with Crippen molar-refractivity contribution in [2.24, 2.45) is 0 Å². The van der Waals surface area contributed by atoms with Gasteiger partial charge in [-0.05, 0) is 20.3 Å². The number of amides is 1. The van der Waals surface area contributed by atoms with Crippen LogP contribution in [0.1, 0.15) is 30.3 Å². The largest absolute Gasteiger partial charge is 0.383 e. The predicted octanol–water partition coefficient (Wildman–Crippen LogP) is 1.57. The van der Waals surface area contributed by atoms with Gasteiger partial charge in [-0.25, -0.2) is 4.98 Å². The van der Waals surface area contributed by atoms with Crippen molar-refractivity contribution in [3.05, 3.63) is 23.0 Å². The summed E-state index contributed by atoms with van der Waals surface area (Å²) in [5.74, 6) is 1.07. The molecule has 1 saturated heterocycles. The molecule has 0 aromatic carbocycles. The van der Waals surface area contributed by atoms with Gasteiger partial charge in [0, 0.05) is 43.9 Å². The number of anilines is 1. The summed E-state index contributed by atoms with van der Waals surface area (Å²) in [7, 11) is 1.65. The van der Waals surface area contributed by atoms with Crippen LogP contribution < -0.4 is 5.32 Å². The maximum absolute atomic E-state index is 12.1. The van der Waals surface area contributed by atoms with Gasteiger partial charge in [-0.3, -0.25) is 4.79 Å². The fraction of sp³-hybridized carbons (Fsp3) is 0.588. The molecule has 24 heavy (non-hydrogen) atoms. The van der Waals surface area contributed by atoms with Gasteiger partial charge in [0.2, 0.25) is 5.91 Å². The molecule has 2 aromatic heterocycles. The SMILES string of the molecule is CCc1cc(NC2CC(=O)N(CCOC)C2)n2nc(C)c(C)c2n1. The van der Waals surface area contributed by atoms with Gasteiger partial charge in [0.25, 0.3) is 0 Å². The number of fused-ring (bicyclic) bond motifs is 1. The number of nitrogens with zero attached hydrogens (tertiary/aromatic N) is 4. The summed E-state index contributed by atoms with van der Waals surface area (Å²) in [5.41, 5.74) is 3.98. The molecule has 1 fully saturated rings. The van der Waals surface area contributed by atoms with Gasteiger partial charge in [0.15, 0.2) is 5.65 Å². The Morgan fingerprint density at radius 3 is 2.92 bits per heavy atom. The molecule has 7 heteroatoms. The molecular formula is C17H25N5O2. The van der Waals surface area contributed by atoms with E-state index in [0.717, 1.165) is 34.8 Å². The van der Waals surface area contributed by atoms with Gasteiger partial charge in [0.1, 0.15) is 5.82 Å². The van der Waals surface area contributed by atoms with Crippen LogP contribution in [-0.2, 0) is 16.0 Å². The molecule has 0 bridgehead atoms. The van der Waals surface area contributed by atoms with E-state index in [1.165, 1.54) is 0 Å². The van der Waals surface area contributed by atoms with Crippen LogP contribution in [0.5, 0.6) is 0 Å². The molecule has 0 aliphatic carbocycles. The van der Waals surface area contributed by atoms with E-state index in [0.29, 0.717) is 26.1 Å². The fourth-order valence-corrected chi connectivity index (χ4v) is 3.06. The first kappa shape index (κ1) is 16.7. The lowest BCUT2D eigenvalue weighted by Gasteiger charge is -2.18. The number of carbonyl (C=O) groups is 1. The molecule has 0 spiro atoms. The number of methoxy groups -OCH3 is 1. The average molecular weight is 331 g/mol. The van der Waals surface area contributed by atoms with Crippen molar-refractivity contribution in [1.82, 2.24) is 19.5 Å². The molecule has 130 valence electrons. The molecule has 1 amide bonds. The Morgan fingerprint density at radius 1 is 1.42 bits per heavy atom. The van der Waals surface area contributed by atoms with Crippen LogP contribution in [0.2, 0.25) is 0 Å². The number of aromatic nitrogens is 3. The van der Waals surface area contributed by atoms with Crippen molar-refractivity contribution in [3.8, 4) is 0 Å². The van der Waals surface area contributed by atoms with Gasteiger partial charge >= 0.3 is 0 Å². The first-order chi connectivity index (χ1) is 11.5. The molecule has 1 aliphatic heterocycles. The second-order valence-electron chi connectivity index (χ2n) is 6.31. The van der Waals surface area contributed by atoms with Crippen LogP contribution in [0.15, 0.2) is 6.07 Å². The van der Waals surface area contributed by atoms with Crippen LogP contribution in [0, 0.1) is 13.8 Å². The topological polar surface area (TPSA) is 71.8 Å². The highest BCUT2D eigenvalue weighted by Crippen LogP contribution is 2.22. The minimum atomic E-state index is 0.0782. The first-order valence-electron chi connectivity index (χ1n) is 8.42. The van der Waals surface area contributed by atoms with Crippen molar-refractivity contribution in [2.45, 2.75) is 39.7 Å². The van der Waals surface area contributed by atoms with Crippen LogP contribution in [0.4, 0.5) is 5.82 Å². The van der Waals surface area contributed by atoms with Gasteiger partial charge in [0.05, 0.1) is 18.3 Å². The minimum absolute atomic E-state index is 0.0782. The van der Waals surface area contributed by atoms with Crippen LogP contribution in [0.25, 0.3) is 5.65 Å². The highest BCUT2D eigenvalue weighted by Gasteiger charge is 2.29. The lowest BCUT2D eigenvalue weighted by molar-refractivity contribution is -0.128. The molecule has 0 radical (unpaired) electrons. The van der Waals surface area contributed by atoms with E-state index >= 15 is 0 Å². The Morgan fingerprint density at radius 2 is 2.21 bits per heavy atom. The molecule has 1 N–H and O–H groups in total. The van der Waals surface area contributed by atoms with Gasteiger partial charge in [-0.15, -0.1) is 0 Å². The Balaban J connectivity index is 1.85. The monoisotopic (exact) mass is 331 g/mol. The second kappa shape index (κ2) is 6.76. The lowest BCUT2D eigenvalue weighted by atomic mass is 10.2. The number of hydrogen-bond acceptors (Lipinski definition) is 5. The second-order valence-corrected chi connectivity index (χ2v) is 6.31. The van der Waals surface area contributed by atoms with Crippen molar-refractivity contribution in [3.63, 3.8) is 0 Å². The quantitative estimate of drug-likeness (QED) is 0.870. The van der Waals surface area contributed by atoms with E-state index in [-0.39, 0.29) is 11.9 Å². The summed E-state index contributed by atoms with van der Waals surface area (Å²) in [6, 6.07) is 2.11. The number of rotatable bonds is 6. The van der Waals surface area contributed by atoms with Crippen molar-refractivity contribution < 1.29 is 9.53 Å². The molecule has 1 atom stereocenters. The van der Waals surface area contributed by atoms with Crippen LogP contribution in [0.3, 0.4) is 0 Å². The zero-order valence-corrected chi connectivity index (χ0v) is 14.8. The maximum atomic E-state index is 12.1. The Bertz CT molecular complexity index is 755. The van der Waals surface area contributed by atoms with E-state index < -0.39 is 0 Å². The van der Waals surface area contributed by atoms with Gasteiger partial charge in [-0.1, -0.05) is 6.92 Å². The summed E-state index contributed by atoms with van der Waals surface area (Å²) in [6.45, 7) is 8.01. The van der Waals surface area contributed by atoms with E-state index in [4.69, 9.17) is 4.74 Å². The Labute approximate surface area is 142 Å². The highest BCUT2D eigenvalue weighted by atomic mass is 16.5. The zero-order chi connectivity index (χ0) is 17.3. The zero-order valence-electron chi connectivity index (χ0n) is 14.8. The lowest BCUT2D eigenvalue weighted by Crippen LogP contribution is -2.31. The van der Waals surface area contributed by atoms with Crippen molar-refractivity contribution >= 4 is 17.4 Å². The molecular weight excluding hydrogens is 306 g/mol. The van der Waals surface area contributed by atoms with E-state index in [1.807, 2.05) is 29.3 Å². The van der Waals surface area contributed by atoms with E-state index in [1.54, 1.807) is 7.11 Å². The molecule has 1 unspecified atom stereocenters. The molecule has 3 heterocycles. The predicted molar refractivity (Wildman–Crippen MR) is 92.3 cm³/mol. The molecule has 7 nitrogen and oxygen atoms in total. The standard InChI is InChI=1S/C17H25N5O2/c1-5-13-8-15(22-17(19-13)11(2)12(3)20-22)18-14-9-16(23)21(10-14)6-7-24-4/h8,14,18H,5-7,9-10H2,1-4H3.